The highest BCUT2D eigenvalue weighted by Gasteiger charge is 2.37. The summed E-state index contributed by atoms with van der Waals surface area (Å²) in [5.74, 6) is 1.43. The van der Waals surface area contributed by atoms with Gasteiger partial charge < -0.3 is 4.90 Å². The molecule has 3 heteroatoms. The van der Waals surface area contributed by atoms with Crippen LogP contribution >= 0.6 is 0 Å². The van der Waals surface area contributed by atoms with Gasteiger partial charge >= 0.3 is 0 Å². The molecule has 2 aliphatic carbocycles. The second kappa shape index (κ2) is 4.08. The second-order valence-electron chi connectivity index (χ2n) is 5.83. The smallest absolute Gasteiger partial charge is 0.242 e. The molecule has 0 aromatic heterocycles. The molecule has 0 unspecified atom stereocenters. The number of hydrogen-bond donors (Lipinski definition) is 0. The number of hydrogen-bond acceptors (Lipinski definition) is 2. The van der Waals surface area contributed by atoms with Crippen LogP contribution in [0.3, 0.4) is 0 Å². The Balaban J connectivity index is 1.98. The van der Waals surface area contributed by atoms with Crippen molar-refractivity contribution < 1.29 is 4.79 Å². The second-order valence-corrected chi connectivity index (χ2v) is 5.83. The van der Waals surface area contributed by atoms with E-state index >= 15 is 0 Å². The van der Waals surface area contributed by atoms with E-state index in [0.29, 0.717) is 11.8 Å². The molecule has 0 aliphatic heterocycles. The van der Waals surface area contributed by atoms with Crippen LogP contribution in [0.2, 0.25) is 0 Å². The van der Waals surface area contributed by atoms with E-state index in [1.165, 1.54) is 25.7 Å². The van der Waals surface area contributed by atoms with Gasteiger partial charge in [-0.2, -0.15) is 5.26 Å². The molecule has 0 aromatic carbocycles. The van der Waals surface area contributed by atoms with Crippen molar-refractivity contribution in [3.8, 4) is 6.07 Å². The minimum atomic E-state index is -0.857. The summed E-state index contributed by atoms with van der Waals surface area (Å²) in [4.78, 5) is 14.2. The summed E-state index contributed by atoms with van der Waals surface area (Å²) in [6, 6.07) is 2.12. The van der Waals surface area contributed by atoms with Gasteiger partial charge in [-0.05, 0) is 51.4 Å². The molecule has 0 radical (unpaired) electrons. The summed E-state index contributed by atoms with van der Waals surface area (Å²) < 4.78 is 0. The van der Waals surface area contributed by atoms with Gasteiger partial charge in [-0.15, -0.1) is 0 Å². The third-order valence-electron chi connectivity index (χ3n) is 3.45. The molecule has 1 amide bonds. The van der Waals surface area contributed by atoms with Gasteiger partial charge in [-0.1, -0.05) is 0 Å². The first-order valence-electron chi connectivity index (χ1n) is 6.23. The fourth-order valence-corrected chi connectivity index (χ4v) is 1.91. The molecule has 2 rings (SSSR count). The predicted octanol–water partition coefficient (Wildman–Crippen LogP) is 2.18. The van der Waals surface area contributed by atoms with E-state index in [0.717, 1.165) is 13.1 Å². The van der Waals surface area contributed by atoms with E-state index in [9.17, 15) is 4.79 Å². The molecule has 16 heavy (non-hydrogen) atoms. The lowest BCUT2D eigenvalue weighted by atomic mass is 9.93. The van der Waals surface area contributed by atoms with Crippen molar-refractivity contribution in [3.05, 3.63) is 0 Å². The number of nitriles is 1. The molecule has 2 saturated carbocycles. The highest BCUT2D eigenvalue weighted by molar-refractivity contribution is 5.84. The van der Waals surface area contributed by atoms with Crippen LogP contribution in [0.1, 0.15) is 39.5 Å². The first kappa shape index (κ1) is 11.4. The number of amides is 1. The van der Waals surface area contributed by atoms with Crippen LogP contribution in [0.15, 0.2) is 0 Å². The Bertz CT molecular complexity index is 307. The van der Waals surface area contributed by atoms with Crippen molar-refractivity contribution in [1.82, 2.24) is 4.90 Å². The maximum Gasteiger partial charge on any atom is 0.242 e. The monoisotopic (exact) mass is 220 g/mol. The van der Waals surface area contributed by atoms with Gasteiger partial charge in [-0.25, -0.2) is 0 Å². The summed E-state index contributed by atoms with van der Waals surface area (Å²) >= 11 is 0. The Morgan fingerprint density at radius 3 is 2.00 bits per heavy atom. The van der Waals surface area contributed by atoms with Crippen molar-refractivity contribution in [3.63, 3.8) is 0 Å². The lowest BCUT2D eigenvalue weighted by Gasteiger charge is -2.28. The van der Waals surface area contributed by atoms with Gasteiger partial charge in [-0.3, -0.25) is 4.79 Å². The van der Waals surface area contributed by atoms with Crippen molar-refractivity contribution >= 4 is 5.91 Å². The maximum absolute atomic E-state index is 12.2. The zero-order valence-corrected chi connectivity index (χ0v) is 10.2. The van der Waals surface area contributed by atoms with E-state index in [1.807, 2.05) is 4.90 Å². The summed E-state index contributed by atoms with van der Waals surface area (Å²) in [5.41, 5.74) is -0.857. The molecule has 0 aromatic rings. The summed E-state index contributed by atoms with van der Waals surface area (Å²) in [5, 5.41) is 9.02. The Hall–Kier alpha value is -1.04. The molecular weight excluding hydrogens is 200 g/mol. The van der Waals surface area contributed by atoms with E-state index in [1.54, 1.807) is 13.8 Å². The zero-order valence-electron chi connectivity index (χ0n) is 10.2. The molecule has 0 N–H and O–H groups in total. The molecular formula is C13H20N2O. The van der Waals surface area contributed by atoms with Crippen molar-refractivity contribution in [2.45, 2.75) is 39.5 Å². The number of nitrogens with zero attached hydrogens (tertiary/aromatic N) is 2. The third kappa shape index (κ3) is 2.75. The van der Waals surface area contributed by atoms with Crippen LogP contribution < -0.4 is 0 Å². The molecule has 2 fully saturated rings. The van der Waals surface area contributed by atoms with E-state index in [-0.39, 0.29) is 5.91 Å². The SMILES string of the molecule is CC(C)(C#N)C(=O)N(CC1CC1)CC1CC1. The first-order chi connectivity index (χ1) is 7.53. The summed E-state index contributed by atoms with van der Waals surface area (Å²) in [7, 11) is 0. The molecule has 0 bridgehead atoms. The van der Waals surface area contributed by atoms with Crippen molar-refractivity contribution in [2.75, 3.05) is 13.1 Å². The quantitative estimate of drug-likeness (QED) is 0.712. The Labute approximate surface area is 97.4 Å². The van der Waals surface area contributed by atoms with Crippen LogP contribution in [-0.2, 0) is 4.79 Å². The normalized spacial score (nSPS) is 20.3. The highest BCUT2D eigenvalue weighted by Crippen LogP contribution is 2.35. The standard InChI is InChI=1S/C13H20N2O/c1-13(2,9-14)12(16)15(7-10-3-4-10)8-11-5-6-11/h10-11H,3-8H2,1-2H3. The lowest BCUT2D eigenvalue weighted by molar-refractivity contribution is -0.138. The Morgan fingerprint density at radius 1 is 1.25 bits per heavy atom. The topological polar surface area (TPSA) is 44.1 Å². The molecule has 2 aliphatic rings. The molecule has 0 heterocycles. The minimum absolute atomic E-state index is 0.0220. The van der Waals surface area contributed by atoms with Gasteiger partial charge in [0.2, 0.25) is 5.91 Å². The molecule has 3 nitrogen and oxygen atoms in total. The average molecular weight is 220 g/mol. The molecule has 0 saturated heterocycles. The third-order valence-corrected chi connectivity index (χ3v) is 3.45. The predicted molar refractivity (Wildman–Crippen MR) is 61.4 cm³/mol. The van der Waals surface area contributed by atoms with Crippen LogP contribution in [0, 0.1) is 28.6 Å². The number of carbonyl (C=O) groups excluding carboxylic acids is 1. The first-order valence-corrected chi connectivity index (χ1v) is 6.23. The Morgan fingerprint density at radius 2 is 1.69 bits per heavy atom. The lowest BCUT2D eigenvalue weighted by Crippen LogP contribution is -2.42. The molecule has 88 valence electrons. The van der Waals surface area contributed by atoms with Crippen LogP contribution in [-0.4, -0.2) is 23.9 Å². The van der Waals surface area contributed by atoms with Gasteiger partial charge in [0.25, 0.3) is 0 Å². The van der Waals surface area contributed by atoms with Gasteiger partial charge in [0.05, 0.1) is 6.07 Å². The van der Waals surface area contributed by atoms with Crippen LogP contribution in [0.4, 0.5) is 0 Å². The fraction of sp³-hybridized carbons (Fsp3) is 0.846. The number of carbonyl (C=O) groups is 1. The van der Waals surface area contributed by atoms with Gasteiger partial charge in [0.15, 0.2) is 0 Å². The fourth-order valence-electron chi connectivity index (χ4n) is 1.91. The summed E-state index contributed by atoms with van der Waals surface area (Å²) in [6.45, 7) is 5.20. The van der Waals surface area contributed by atoms with E-state index in [4.69, 9.17) is 5.26 Å². The maximum atomic E-state index is 12.2. The largest absolute Gasteiger partial charge is 0.341 e. The van der Waals surface area contributed by atoms with Crippen molar-refractivity contribution in [1.29, 1.82) is 5.26 Å². The van der Waals surface area contributed by atoms with E-state index in [2.05, 4.69) is 6.07 Å². The molecule has 0 atom stereocenters. The van der Waals surface area contributed by atoms with Gasteiger partial charge in [0, 0.05) is 13.1 Å². The molecule has 0 spiro atoms. The van der Waals surface area contributed by atoms with Crippen LogP contribution in [0.5, 0.6) is 0 Å². The summed E-state index contributed by atoms with van der Waals surface area (Å²) in [6.07, 6.45) is 5.01. The highest BCUT2D eigenvalue weighted by atomic mass is 16.2. The minimum Gasteiger partial charge on any atom is -0.341 e. The Kier molecular flexibility index (Phi) is 2.92. The van der Waals surface area contributed by atoms with E-state index < -0.39 is 5.41 Å². The van der Waals surface area contributed by atoms with Gasteiger partial charge in [0.1, 0.15) is 5.41 Å². The van der Waals surface area contributed by atoms with Crippen LogP contribution in [0.25, 0.3) is 0 Å². The zero-order chi connectivity index (χ0) is 11.8. The number of rotatable bonds is 5. The average Bonchev–Trinajstić information content (AvgIpc) is 3.09. The van der Waals surface area contributed by atoms with Crippen molar-refractivity contribution in [2.24, 2.45) is 17.3 Å².